The molecule has 1 aliphatic rings. The first-order chi connectivity index (χ1) is 21.7. The second-order valence-electron chi connectivity index (χ2n) is 11.3. The minimum absolute atomic E-state index is 0.0284. The lowest BCUT2D eigenvalue weighted by Crippen LogP contribution is -2.26. The molecule has 1 aliphatic carbocycles. The van der Waals surface area contributed by atoms with Gasteiger partial charge in [-0.25, -0.2) is 8.42 Å². The largest absolute Gasteiger partial charge is 0.573 e. The molecule has 0 bridgehead atoms. The maximum atomic E-state index is 13.7. The van der Waals surface area contributed by atoms with Crippen molar-refractivity contribution in [2.75, 3.05) is 18.1 Å². The number of sulfone groups is 1. The van der Waals surface area contributed by atoms with E-state index in [9.17, 15) is 36.0 Å². The van der Waals surface area contributed by atoms with Crippen molar-refractivity contribution in [2.24, 2.45) is 0 Å². The highest BCUT2D eigenvalue weighted by atomic mass is 32.2. The number of amides is 2. The van der Waals surface area contributed by atoms with E-state index in [1.807, 2.05) is 24.3 Å². The van der Waals surface area contributed by atoms with E-state index in [4.69, 9.17) is 5.11 Å². The van der Waals surface area contributed by atoms with Crippen LogP contribution in [-0.2, 0) is 25.8 Å². The number of nitrogens with one attached hydrogen (secondary N) is 2. The van der Waals surface area contributed by atoms with E-state index in [-0.39, 0.29) is 25.1 Å². The van der Waals surface area contributed by atoms with Crippen molar-refractivity contribution < 1.29 is 45.8 Å². The Balaban J connectivity index is 1.59. The number of hydrogen-bond donors (Lipinski definition) is 3. The molecule has 2 amide bonds. The predicted octanol–water partition coefficient (Wildman–Crippen LogP) is 6.21. The van der Waals surface area contributed by atoms with Gasteiger partial charge in [-0.15, -0.1) is 13.2 Å². The van der Waals surface area contributed by atoms with Crippen LogP contribution in [0.15, 0.2) is 71.6 Å². The lowest BCUT2D eigenvalue weighted by atomic mass is 9.83. The molecule has 3 aromatic rings. The number of carboxylic acids is 1. The van der Waals surface area contributed by atoms with Gasteiger partial charge in [-0.2, -0.15) is 0 Å². The molecule has 13 heteroatoms. The van der Waals surface area contributed by atoms with Gasteiger partial charge in [0.15, 0.2) is 9.84 Å². The maximum absolute atomic E-state index is 13.7. The van der Waals surface area contributed by atoms with Crippen LogP contribution < -0.4 is 15.4 Å². The quantitative estimate of drug-likeness (QED) is 0.210. The molecule has 0 aliphatic heterocycles. The number of carbonyl (C=O) groups excluding carboxylic acids is 2. The van der Waals surface area contributed by atoms with E-state index in [1.165, 1.54) is 12.0 Å². The average Bonchev–Trinajstić information content (AvgIpc) is 3.00. The maximum Gasteiger partial charge on any atom is 0.573 e. The van der Waals surface area contributed by atoms with Gasteiger partial charge in [0.1, 0.15) is 10.6 Å². The van der Waals surface area contributed by atoms with Gasteiger partial charge in [0.2, 0.25) is 5.91 Å². The van der Waals surface area contributed by atoms with Gasteiger partial charge >= 0.3 is 12.3 Å². The summed E-state index contributed by atoms with van der Waals surface area (Å²) in [5.74, 6) is -3.26. The predicted molar refractivity (Wildman–Crippen MR) is 165 cm³/mol. The number of carboxylic acid groups (broad SMARTS) is 1. The van der Waals surface area contributed by atoms with E-state index in [0.29, 0.717) is 22.6 Å². The van der Waals surface area contributed by atoms with Crippen LogP contribution >= 0.6 is 0 Å². The summed E-state index contributed by atoms with van der Waals surface area (Å²) in [6.45, 7) is -0.0284. The molecule has 0 radical (unpaired) electrons. The minimum Gasteiger partial charge on any atom is -0.481 e. The van der Waals surface area contributed by atoms with E-state index in [1.54, 1.807) is 24.3 Å². The van der Waals surface area contributed by atoms with E-state index < -0.39 is 50.5 Å². The van der Waals surface area contributed by atoms with Crippen LogP contribution in [-0.4, -0.2) is 50.5 Å². The van der Waals surface area contributed by atoms with Crippen LogP contribution in [0.4, 0.5) is 18.9 Å². The molecule has 4 rings (SSSR count). The van der Waals surface area contributed by atoms with Crippen LogP contribution in [0.1, 0.15) is 77.4 Å². The number of aliphatic carboxylic acids is 1. The normalized spacial score (nSPS) is 14.7. The average molecular weight is 661 g/mol. The topological polar surface area (TPSA) is 139 Å². The molecule has 1 unspecified atom stereocenters. The molecule has 1 saturated carbocycles. The third-order valence-electron chi connectivity index (χ3n) is 7.85. The number of hydrogen-bond acceptors (Lipinski definition) is 6. The Bertz CT molecular complexity index is 1650. The van der Waals surface area contributed by atoms with Gasteiger partial charge in [0.25, 0.3) is 5.91 Å². The number of alkyl halides is 3. The van der Waals surface area contributed by atoms with Crippen molar-refractivity contribution in [2.45, 2.75) is 68.0 Å². The molecule has 9 nitrogen and oxygen atoms in total. The van der Waals surface area contributed by atoms with Gasteiger partial charge in [0, 0.05) is 24.1 Å². The highest BCUT2D eigenvalue weighted by molar-refractivity contribution is 7.90. The highest BCUT2D eigenvalue weighted by Crippen LogP contribution is 2.35. The fraction of sp³-hybridized carbons (Fsp3) is 0.364. The van der Waals surface area contributed by atoms with Crippen molar-refractivity contribution >= 4 is 33.3 Å². The van der Waals surface area contributed by atoms with Crippen LogP contribution in [0.25, 0.3) is 0 Å². The molecule has 46 heavy (non-hydrogen) atoms. The van der Waals surface area contributed by atoms with E-state index >= 15 is 0 Å². The van der Waals surface area contributed by atoms with Crippen molar-refractivity contribution in [1.82, 2.24) is 5.32 Å². The standard InChI is InChI=1S/C33H35F3N2O7S/c1-46(43,44)29-20-26(15-16-28(29)45-33(34,35)36)38-32(42)27(24-13-11-23(12-14-24)22-5-3-2-4-6-22)19-21-7-9-25(10-8-21)31(41)37-18-17-30(39)40/h7-16,20,22,27H,2-6,17-19H2,1H3,(H,37,41)(H,38,42)(H,39,40). The summed E-state index contributed by atoms with van der Waals surface area (Å²) < 4.78 is 67.1. The number of carbonyl (C=O) groups is 3. The molecule has 1 fully saturated rings. The molecule has 0 heterocycles. The molecule has 0 spiro atoms. The molecule has 0 saturated heterocycles. The molecular formula is C33H35F3N2O7S. The zero-order chi connectivity index (χ0) is 33.5. The van der Waals surface area contributed by atoms with Crippen LogP contribution in [0.3, 0.4) is 0 Å². The van der Waals surface area contributed by atoms with Gasteiger partial charge in [-0.05, 0) is 72.2 Å². The number of halogens is 3. The summed E-state index contributed by atoms with van der Waals surface area (Å²) in [6.07, 6.45) is 1.31. The molecule has 246 valence electrons. The van der Waals surface area contributed by atoms with Gasteiger partial charge < -0.3 is 20.5 Å². The summed E-state index contributed by atoms with van der Waals surface area (Å²) >= 11 is 0. The minimum atomic E-state index is -5.12. The third kappa shape index (κ3) is 9.80. The zero-order valence-electron chi connectivity index (χ0n) is 25.1. The Kier molecular flexibility index (Phi) is 11.1. The number of rotatable bonds is 12. The molecule has 3 N–H and O–H groups in total. The van der Waals surface area contributed by atoms with Crippen molar-refractivity contribution in [3.63, 3.8) is 0 Å². The van der Waals surface area contributed by atoms with Gasteiger partial charge in [0.05, 0.1) is 12.3 Å². The summed E-state index contributed by atoms with van der Waals surface area (Å²) in [7, 11) is -4.16. The Hall–Kier alpha value is -4.39. The second kappa shape index (κ2) is 14.8. The van der Waals surface area contributed by atoms with Gasteiger partial charge in [-0.1, -0.05) is 55.7 Å². The summed E-state index contributed by atoms with van der Waals surface area (Å²) in [6, 6.07) is 17.1. The molecule has 3 aromatic carbocycles. The lowest BCUT2D eigenvalue weighted by molar-refractivity contribution is -0.275. The lowest BCUT2D eigenvalue weighted by Gasteiger charge is -2.23. The van der Waals surface area contributed by atoms with Crippen molar-refractivity contribution in [3.05, 3.63) is 89.0 Å². The van der Waals surface area contributed by atoms with Crippen LogP contribution in [0.5, 0.6) is 5.75 Å². The smallest absolute Gasteiger partial charge is 0.481 e. The van der Waals surface area contributed by atoms with Gasteiger partial charge in [-0.3, -0.25) is 14.4 Å². The number of ether oxygens (including phenoxy) is 1. The monoisotopic (exact) mass is 660 g/mol. The second-order valence-corrected chi connectivity index (χ2v) is 13.3. The molecule has 0 aromatic heterocycles. The Labute approximate surface area is 265 Å². The van der Waals surface area contributed by atoms with Crippen LogP contribution in [0.2, 0.25) is 0 Å². The Morgan fingerprint density at radius 3 is 2.20 bits per heavy atom. The summed E-state index contributed by atoms with van der Waals surface area (Å²) in [5.41, 5.74) is 2.83. The fourth-order valence-electron chi connectivity index (χ4n) is 5.53. The molecular weight excluding hydrogens is 625 g/mol. The number of anilines is 1. The SMILES string of the molecule is CS(=O)(=O)c1cc(NC(=O)C(Cc2ccc(C(=O)NCCC(=O)O)cc2)c2ccc(C3CCCCC3)cc2)ccc1OC(F)(F)F. The Morgan fingerprint density at radius 1 is 0.957 bits per heavy atom. The first-order valence-electron chi connectivity index (χ1n) is 14.8. The fourth-order valence-corrected chi connectivity index (χ4v) is 6.34. The highest BCUT2D eigenvalue weighted by Gasteiger charge is 2.34. The first kappa shape index (κ1) is 34.5. The Morgan fingerprint density at radius 2 is 1.61 bits per heavy atom. The summed E-state index contributed by atoms with van der Waals surface area (Å²) in [4.78, 5) is 36.1. The third-order valence-corrected chi connectivity index (χ3v) is 8.97. The first-order valence-corrected chi connectivity index (χ1v) is 16.7. The van der Waals surface area contributed by atoms with Crippen molar-refractivity contribution in [3.8, 4) is 5.75 Å². The van der Waals surface area contributed by atoms with E-state index in [2.05, 4.69) is 15.4 Å². The van der Waals surface area contributed by atoms with Crippen LogP contribution in [0, 0.1) is 0 Å². The summed E-state index contributed by atoms with van der Waals surface area (Å²) in [5, 5.41) is 14.0. The number of benzene rings is 3. The van der Waals surface area contributed by atoms with Crippen molar-refractivity contribution in [1.29, 1.82) is 0 Å². The zero-order valence-corrected chi connectivity index (χ0v) is 25.9. The van der Waals surface area contributed by atoms with E-state index in [0.717, 1.165) is 50.1 Å². The molecule has 1 atom stereocenters.